The third-order valence-electron chi connectivity index (χ3n) is 5.69. The van der Waals surface area contributed by atoms with E-state index >= 15 is 0 Å². The molecule has 0 radical (unpaired) electrons. The minimum atomic E-state index is -0.182. The Hall–Kier alpha value is -2.79. The van der Waals surface area contributed by atoms with Crippen LogP contribution in [0.25, 0.3) is 17.0 Å². The highest BCUT2D eigenvalue weighted by Gasteiger charge is 2.34. The van der Waals surface area contributed by atoms with Crippen molar-refractivity contribution in [3.8, 4) is 0 Å². The molecule has 4 nitrogen and oxygen atoms in total. The summed E-state index contributed by atoms with van der Waals surface area (Å²) in [6, 6.07) is 18.7. The number of benzene rings is 2. The number of hydrogen-bond donors (Lipinski definition) is 0. The molecule has 1 fully saturated rings. The van der Waals surface area contributed by atoms with Gasteiger partial charge in [0.2, 0.25) is 0 Å². The van der Waals surface area contributed by atoms with Crippen LogP contribution in [0.15, 0.2) is 65.7 Å². The van der Waals surface area contributed by atoms with Crippen LogP contribution in [0.1, 0.15) is 43.9 Å². The van der Waals surface area contributed by atoms with E-state index in [1.54, 1.807) is 0 Å². The van der Waals surface area contributed by atoms with Crippen molar-refractivity contribution in [1.29, 1.82) is 0 Å². The maximum absolute atomic E-state index is 12.9. The first-order valence-corrected chi connectivity index (χ1v) is 11.3. The smallest absolute Gasteiger partial charge is 0.293 e. The lowest BCUT2D eigenvalue weighted by Gasteiger charge is -2.12. The predicted molar refractivity (Wildman–Crippen MR) is 124 cm³/mol. The van der Waals surface area contributed by atoms with Gasteiger partial charge in [-0.1, -0.05) is 55.5 Å². The molecule has 1 saturated heterocycles. The molecule has 1 aromatic heterocycles. The van der Waals surface area contributed by atoms with Crippen LogP contribution in [-0.2, 0) is 11.2 Å². The first-order chi connectivity index (χ1) is 14.6. The zero-order valence-electron chi connectivity index (χ0n) is 17.4. The normalized spacial score (nSPS) is 16.7. The number of para-hydroxylation sites is 1. The molecule has 3 aromatic rings. The zero-order valence-corrected chi connectivity index (χ0v) is 18.2. The van der Waals surface area contributed by atoms with Gasteiger partial charge in [-0.2, -0.15) is 0 Å². The van der Waals surface area contributed by atoms with Crippen molar-refractivity contribution >= 4 is 39.9 Å². The molecule has 1 aliphatic heterocycles. The number of thioether (sulfide) groups is 1. The Morgan fingerprint density at radius 2 is 1.77 bits per heavy atom. The van der Waals surface area contributed by atoms with Gasteiger partial charge in [0.15, 0.2) is 0 Å². The predicted octanol–water partition coefficient (Wildman–Crippen LogP) is 6.28. The van der Waals surface area contributed by atoms with Crippen LogP contribution in [0.3, 0.4) is 0 Å². The number of carbonyl (C=O) groups is 2. The lowest BCUT2D eigenvalue weighted by Crippen LogP contribution is -2.29. The Kier molecular flexibility index (Phi) is 6.09. The summed E-state index contributed by atoms with van der Waals surface area (Å²) >= 11 is 1.04. The molecule has 0 N–H and O–H groups in total. The fourth-order valence-corrected chi connectivity index (χ4v) is 4.68. The summed E-state index contributed by atoms with van der Waals surface area (Å²) in [6.07, 6.45) is 6.62. The first kappa shape index (κ1) is 20.5. The quantitative estimate of drug-likeness (QED) is 0.424. The summed E-state index contributed by atoms with van der Waals surface area (Å²) in [4.78, 5) is 27.3. The number of imide groups is 1. The second kappa shape index (κ2) is 8.92. The second-order valence-electron chi connectivity index (χ2n) is 7.69. The average Bonchev–Trinajstić information content (AvgIpc) is 3.26. The lowest BCUT2D eigenvalue weighted by molar-refractivity contribution is -0.122. The summed E-state index contributed by atoms with van der Waals surface area (Å²) < 4.78 is 2.26. The van der Waals surface area contributed by atoms with Gasteiger partial charge in [-0.05, 0) is 55.7 Å². The van der Waals surface area contributed by atoms with Gasteiger partial charge >= 0.3 is 0 Å². The van der Waals surface area contributed by atoms with Gasteiger partial charge < -0.3 is 4.57 Å². The van der Waals surface area contributed by atoms with E-state index in [9.17, 15) is 9.59 Å². The van der Waals surface area contributed by atoms with Crippen LogP contribution in [0.5, 0.6) is 0 Å². The van der Waals surface area contributed by atoms with E-state index in [0.717, 1.165) is 47.5 Å². The maximum Gasteiger partial charge on any atom is 0.293 e. The van der Waals surface area contributed by atoms with Crippen LogP contribution in [0.2, 0.25) is 0 Å². The molecule has 0 saturated carbocycles. The van der Waals surface area contributed by atoms with Crippen LogP contribution < -0.4 is 0 Å². The number of aryl methyl sites for hydroxylation is 1. The summed E-state index contributed by atoms with van der Waals surface area (Å²) in [5.74, 6) is -0.182. The molecule has 154 valence electrons. The van der Waals surface area contributed by atoms with E-state index in [1.807, 2.05) is 36.4 Å². The number of fused-ring (bicyclic) bond motifs is 1. The lowest BCUT2D eigenvalue weighted by atomic mass is 10.1. The Labute approximate surface area is 181 Å². The SMILES string of the molecule is CC[C@@H](C)n1cc(/C=C2/SC(=O)N(CCCc3ccccc3)C2=O)c2ccccc21. The standard InChI is InChI=1S/C25H26N2O2S/c1-3-18(2)27-17-20(21-13-7-8-14-22(21)27)16-23-24(28)26(25(29)30-23)15-9-12-19-10-5-4-6-11-19/h4-8,10-11,13-14,16-18H,3,9,12,15H2,1-2H3/b23-16+/t18-/m1/s1. The Balaban J connectivity index is 1.53. The molecule has 2 heterocycles. The summed E-state index contributed by atoms with van der Waals surface area (Å²) in [7, 11) is 0. The molecule has 1 aliphatic rings. The highest BCUT2D eigenvalue weighted by Crippen LogP contribution is 2.35. The molecule has 0 bridgehead atoms. The number of nitrogens with zero attached hydrogens (tertiary/aromatic N) is 2. The molecule has 0 spiro atoms. The summed E-state index contributed by atoms with van der Waals surface area (Å²) in [5.41, 5.74) is 3.36. The van der Waals surface area contributed by atoms with Crippen molar-refractivity contribution in [3.63, 3.8) is 0 Å². The van der Waals surface area contributed by atoms with E-state index in [2.05, 4.69) is 48.9 Å². The largest absolute Gasteiger partial charge is 0.344 e. The van der Waals surface area contributed by atoms with Crippen molar-refractivity contribution in [2.24, 2.45) is 0 Å². The minimum absolute atomic E-state index is 0.176. The number of amides is 2. The van der Waals surface area contributed by atoms with Crippen LogP contribution >= 0.6 is 11.8 Å². The van der Waals surface area contributed by atoms with Crippen molar-refractivity contribution in [1.82, 2.24) is 9.47 Å². The van der Waals surface area contributed by atoms with E-state index in [0.29, 0.717) is 17.5 Å². The molecule has 0 unspecified atom stereocenters. The molecule has 1 atom stereocenters. The fourth-order valence-electron chi connectivity index (χ4n) is 3.83. The Morgan fingerprint density at radius 3 is 2.53 bits per heavy atom. The number of hydrogen-bond acceptors (Lipinski definition) is 3. The topological polar surface area (TPSA) is 42.3 Å². The molecule has 2 amide bonds. The monoisotopic (exact) mass is 418 g/mol. The minimum Gasteiger partial charge on any atom is -0.344 e. The molecule has 5 heteroatoms. The highest BCUT2D eigenvalue weighted by atomic mass is 32.2. The average molecular weight is 419 g/mol. The van der Waals surface area contributed by atoms with Gasteiger partial charge in [-0.3, -0.25) is 14.5 Å². The molecule has 2 aromatic carbocycles. The third-order valence-corrected chi connectivity index (χ3v) is 6.59. The van der Waals surface area contributed by atoms with Crippen molar-refractivity contribution < 1.29 is 9.59 Å². The molecule has 4 rings (SSSR count). The summed E-state index contributed by atoms with van der Waals surface area (Å²) in [6.45, 7) is 4.81. The van der Waals surface area contributed by atoms with E-state index in [-0.39, 0.29) is 11.1 Å². The highest BCUT2D eigenvalue weighted by molar-refractivity contribution is 8.18. The van der Waals surface area contributed by atoms with Crippen molar-refractivity contribution in [2.45, 2.75) is 39.2 Å². The van der Waals surface area contributed by atoms with E-state index in [4.69, 9.17) is 0 Å². The van der Waals surface area contributed by atoms with Gasteiger partial charge in [-0.15, -0.1) is 0 Å². The van der Waals surface area contributed by atoms with Gasteiger partial charge in [0.25, 0.3) is 11.1 Å². The fraction of sp³-hybridized carbons (Fsp3) is 0.280. The van der Waals surface area contributed by atoms with Crippen molar-refractivity contribution in [2.75, 3.05) is 6.54 Å². The van der Waals surface area contributed by atoms with Gasteiger partial charge in [0.05, 0.1) is 4.91 Å². The Morgan fingerprint density at radius 1 is 1.03 bits per heavy atom. The first-order valence-electron chi connectivity index (χ1n) is 10.5. The van der Waals surface area contributed by atoms with Crippen LogP contribution in [0.4, 0.5) is 4.79 Å². The van der Waals surface area contributed by atoms with Crippen LogP contribution in [-0.4, -0.2) is 27.2 Å². The van der Waals surface area contributed by atoms with Gasteiger partial charge in [0.1, 0.15) is 0 Å². The second-order valence-corrected chi connectivity index (χ2v) is 8.68. The molecule has 0 aliphatic carbocycles. The maximum atomic E-state index is 12.9. The number of rotatable bonds is 7. The molecule has 30 heavy (non-hydrogen) atoms. The van der Waals surface area contributed by atoms with Gasteiger partial charge in [-0.25, -0.2) is 0 Å². The number of aromatic nitrogens is 1. The van der Waals surface area contributed by atoms with Crippen molar-refractivity contribution in [3.05, 3.63) is 76.8 Å². The zero-order chi connectivity index (χ0) is 21.1. The van der Waals surface area contributed by atoms with Crippen LogP contribution in [0, 0.1) is 0 Å². The molecular weight excluding hydrogens is 392 g/mol. The summed E-state index contributed by atoms with van der Waals surface area (Å²) in [5, 5.41) is 0.929. The number of carbonyl (C=O) groups excluding carboxylic acids is 2. The molecular formula is C25H26N2O2S. The van der Waals surface area contributed by atoms with E-state index in [1.165, 1.54) is 10.5 Å². The Bertz CT molecular complexity index is 1100. The van der Waals surface area contributed by atoms with E-state index < -0.39 is 0 Å². The third kappa shape index (κ3) is 4.08. The van der Waals surface area contributed by atoms with Gasteiger partial charge in [0, 0.05) is 35.2 Å².